The van der Waals surface area contributed by atoms with Crippen LogP contribution in [0.2, 0.25) is 0 Å². The van der Waals surface area contributed by atoms with Gasteiger partial charge in [0.25, 0.3) is 5.91 Å². The number of carboxylic acids is 1. The molecule has 27 heavy (non-hydrogen) atoms. The van der Waals surface area contributed by atoms with Gasteiger partial charge in [-0.1, -0.05) is 13.8 Å². The lowest BCUT2D eigenvalue weighted by molar-refractivity contribution is -0.143. The van der Waals surface area contributed by atoms with Crippen LogP contribution in [0.4, 0.5) is 0 Å². The minimum Gasteiger partial charge on any atom is -0.481 e. The highest BCUT2D eigenvalue weighted by molar-refractivity contribution is 7.89. The number of carbonyl (C=O) groups excluding carboxylic acids is 1. The van der Waals surface area contributed by atoms with Crippen LogP contribution in [0.15, 0.2) is 29.2 Å². The molecule has 1 saturated heterocycles. The summed E-state index contributed by atoms with van der Waals surface area (Å²) >= 11 is 0. The number of amides is 1. The molecule has 0 bridgehead atoms. The fourth-order valence-corrected chi connectivity index (χ4v) is 4.94. The molecule has 0 spiro atoms. The Morgan fingerprint density at radius 1 is 1.15 bits per heavy atom. The minimum absolute atomic E-state index is 0.169. The average Bonchev–Trinajstić information content (AvgIpc) is 2.67. The predicted octanol–water partition coefficient (Wildman–Crippen LogP) is 2.43. The first-order valence-corrected chi connectivity index (χ1v) is 10.9. The summed E-state index contributed by atoms with van der Waals surface area (Å²) in [6.07, 6.45) is 2.68. The number of carbonyl (C=O) groups is 2. The molecule has 1 aromatic rings. The number of piperidine rings is 1. The van der Waals surface area contributed by atoms with Gasteiger partial charge < -0.3 is 10.0 Å². The largest absolute Gasteiger partial charge is 0.481 e. The summed E-state index contributed by atoms with van der Waals surface area (Å²) in [5.41, 5.74) is 0.373. The van der Waals surface area contributed by atoms with Gasteiger partial charge in [0.2, 0.25) is 10.0 Å². The van der Waals surface area contributed by atoms with Crippen LogP contribution in [-0.2, 0) is 14.8 Å². The van der Waals surface area contributed by atoms with Crippen molar-refractivity contribution in [3.05, 3.63) is 29.8 Å². The molecule has 0 aliphatic carbocycles. The van der Waals surface area contributed by atoms with Crippen molar-refractivity contribution in [2.45, 2.75) is 44.4 Å². The maximum atomic E-state index is 12.8. The van der Waals surface area contributed by atoms with E-state index in [0.717, 1.165) is 12.8 Å². The van der Waals surface area contributed by atoms with Crippen molar-refractivity contribution >= 4 is 21.9 Å². The van der Waals surface area contributed by atoms with Gasteiger partial charge >= 0.3 is 5.97 Å². The van der Waals surface area contributed by atoms with Gasteiger partial charge in [-0.05, 0) is 49.9 Å². The number of likely N-dealkylation sites (tertiary alicyclic amines) is 1. The van der Waals surface area contributed by atoms with Crippen LogP contribution in [0, 0.1) is 5.92 Å². The summed E-state index contributed by atoms with van der Waals surface area (Å²) in [5.74, 6) is -1.69. The van der Waals surface area contributed by atoms with Crippen LogP contribution in [-0.4, -0.2) is 60.8 Å². The van der Waals surface area contributed by atoms with E-state index in [4.69, 9.17) is 5.11 Å². The second-order valence-electron chi connectivity index (χ2n) is 6.86. The Morgan fingerprint density at radius 2 is 1.74 bits per heavy atom. The number of hydrogen-bond acceptors (Lipinski definition) is 4. The van der Waals surface area contributed by atoms with Crippen LogP contribution >= 0.6 is 0 Å². The third-order valence-electron chi connectivity index (χ3n) is 4.74. The van der Waals surface area contributed by atoms with Gasteiger partial charge in [-0.3, -0.25) is 9.59 Å². The molecule has 1 atom stereocenters. The smallest absolute Gasteiger partial charge is 0.308 e. The highest BCUT2D eigenvalue weighted by atomic mass is 32.2. The van der Waals surface area contributed by atoms with E-state index in [0.29, 0.717) is 38.0 Å². The zero-order chi connectivity index (χ0) is 20.0. The molecule has 7 nitrogen and oxygen atoms in total. The number of nitrogens with zero attached hydrogens (tertiary/aromatic N) is 2. The first kappa shape index (κ1) is 21.4. The van der Waals surface area contributed by atoms with Crippen molar-refractivity contribution in [1.82, 2.24) is 9.21 Å². The van der Waals surface area contributed by atoms with Crippen molar-refractivity contribution in [3.8, 4) is 0 Å². The molecule has 0 radical (unpaired) electrons. The molecule has 1 aliphatic heterocycles. The fraction of sp³-hybridized carbons (Fsp3) is 0.579. The molecule has 1 N–H and O–H groups in total. The first-order valence-electron chi connectivity index (χ1n) is 9.43. The van der Waals surface area contributed by atoms with E-state index in [1.165, 1.54) is 33.5 Å². The first-order chi connectivity index (χ1) is 12.8. The molecule has 0 saturated carbocycles. The maximum Gasteiger partial charge on any atom is 0.308 e. The minimum atomic E-state index is -3.58. The molecule has 1 unspecified atom stereocenters. The van der Waals surface area contributed by atoms with Crippen molar-refractivity contribution in [3.63, 3.8) is 0 Å². The normalized spacial score (nSPS) is 17.9. The predicted molar refractivity (Wildman–Crippen MR) is 102 cm³/mol. The summed E-state index contributed by atoms with van der Waals surface area (Å²) in [7, 11) is -3.58. The second kappa shape index (κ2) is 9.32. The Bertz CT molecular complexity index is 755. The molecule has 8 heteroatoms. The third kappa shape index (κ3) is 5.07. The van der Waals surface area contributed by atoms with E-state index in [-0.39, 0.29) is 17.3 Å². The summed E-state index contributed by atoms with van der Waals surface area (Å²) in [6.45, 7) is 5.49. The van der Waals surface area contributed by atoms with Gasteiger partial charge in [-0.2, -0.15) is 4.31 Å². The number of aliphatic carboxylic acids is 1. The number of sulfonamides is 1. The van der Waals surface area contributed by atoms with Crippen molar-refractivity contribution in [2.75, 3.05) is 26.2 Å². The monoisotopic (exact) mass is 396 g/mol. The summed E-state index contributed by atoms with van der Waals surface area (Å²) in [4.78, 5) is 25.5. The summed E-state index contributed by atoms with van der Waals surface area (Å²) in [6, 6.07) is 5.93. The van der Waals surface area contributed by atoms with Crippen LogP contribution in [0.3, 0.4) is 0 Å². The Labute approximate surface area is 161 Å². The number of rotatable bonds is 8. The molecule has 150 valence electrons. The van der Waals surface area contributed by atoms with Crippen LogP contribution in [0.1, 0.15) is 49.9 Å². The van der Waals surface area contributed by atoms with Crippen molar-refractivity contribution in [2.24, 2.45) is 5.92 Å². The number of hydrogen-bond donors (Lipinski definition) is 1. The van der Waals surface area contributed by atoms with E-state index in [1.807, 2.05) is 13.8 Å². The molecule has 0 aromatic heterocycles. The summed E-state index contributed by atoms with van der Waals surface area (Å²) < 4.78 is 27.0. The quantitative estimate of drug-likeness (QED) is 0.728. The molecule has 1 heterocycles. The van der Waals surface area contributed by atoms with E-state index in [2.05, 4.69) is 0 Å². The van der Waals surface area contributed by atoms with Crippen LogP contribution in [0.25, 0.3) is 0 Å². The lowest BCUT2D eigenvalue weighted by Crippen LogP contribution is -2.42. The second-order valence-corrected chi connectivity index (χ2v) is 8.79. The number of benzene rings is 1. The topological polar surface area (TPSA) is 95.0 Å². The Kier molecular flexibility index (Phi) is 7.38. The van der Waals surface area contributed by atoms with Crippen LogP contribution in [0.5, 0.6) is 0 Å². The van der Waals surface area contributed by atoms with Gasteiger partial charge in [-0.25, -0.2) is 8.42 Å². The molecule has 1 fully saturated rings. The molecule has 2 rings (SSSR count). The average molecular weight is 397 g/mol. The zero-order valence-corrected chi connectivity index (χ0v) is 16.7. The molecular formula is C19H28N2O5S. The van der Waals surface area contributed by atoms with E-state index in [1.54, 1.807) is 0 Å². The Hall–Kier alpha value is -1.93. The highest BCUT2D eigenvalue weighted by Crippen LogP contribution is 2.21. The van der Waals surface area contributed by atoms with Crippen LogP contribution < -0.4 is 0 Å². The maximum absolute atomic E-state index is 12.8. The summed E-state index contributed by atoms with van der Waals surface area (Å²) in [5, 5.41) is 9.16. The zero-order valence-electron chi connectivity index (χ0n) is 15.9. The molecule has 1 aliphatic rings. The van der Waals surface area contributed by atoms with Crippen molar-refractivity contribution in [1.29, 1.82) is 0 Å². The van der Waals surface area contributed by atoms with E-state index < -0.39 is 21.9 Å². The van der Waals surface area contributed by atoms with Gasteiger partial charge in [0, 0.05) is 31.7 Å². The lowest BCUT2D eigenvalue weighted by atomic mass is 9.97. The Morgan fingerprint density at radius 3 is 2.26 bits per heavy atom. The SMILES string of the molecule is CCCN(CCC)S(=O)(=O)c1ccc(C(=O)N2CCCC(C(=O)O)C2)cc1. The fourth-order valence-electron chi connectivity index (χ4n) is 3.32. The van der Waals surface area contributed by atoms with Crippen molar-refractivity contribution < 1.29 is 23.1 Å². The number of carboxylic acid groups (broad SMARTS) is 1. The highest BCUT2D eigenvalue weighted by Gasteiger charge is 2.29. The molecular weight excluding hydrogens is 368 g/mol. The third-order valence-corrected chi connectivity index (χ3v) is 6.66. The van der Waals surface area contributed by atoms with Gasteiger partial charge in [0.15, 0.2) is 0 Å². The van der Waals surface area contributed by atoms with Gasteiger partial charge in [-0.15, -0.1) is 0 Å². The Balaban J connectivity index is 2.16. The standard InChI is InChI=1S/C19H28N2O5S/c1-3-11-21(12-4-2)27(25,26)17-9-7-15(8-10-17)18(22)20-13-5-6-16(14-20)19(23)24/h7-10,16H,3-6,11-14H2,1-2H3,(H,23,24). The van der Waals surface area contributed by atoms with E-state index in [9.17, 15) is 18.0 Å². The van der Waals surface area contributed by atoms with Gasteiger partial charge in [0.05, 0.1) is 10.8 Å². The van der Waals surface area contributed by atoms with Gasteiger partial charge in [0.1, 0.15) is 0 Å². The lowest BCUT2D eigenvalue weighted by Gasteiger charge is -2.30. The molecule has 1 aromatic carbocycles. The van der Waals surface area contributed by atoms with E-state index >= 15 is 0 Å². The molecule has 1 amide bonds.